The second-order valence-electron chi connectivity index (χ2n) is 4.48. The molecule has 1 aliphatic heterocycles. The summed E-state index contributed by atoms with van der Waals surface area (Å²) in [7, 11) is 0. The van der Waals surface area contributed by atoms with Crippen molar-refractivity contribution in [1.82, 2.24) is 10.2 Å². The first-order chi connectivity index (χ1) is 9.15. The first-order valence-corrected chi connectivity index (χ1v) is 6.57. The molecule has 0 aromatic heterocycles. The topological polar surface area (TPSA) is 67.6 Å². The predicted molar refractivity (Wildman–Crippen MR) is 76.5 cm³/mol. The summed E-state index contributed by atoms with van der Waals surface area (Å²) in [5, 5.41) is 3.19. The molecule has 0 aliphatic carbocycles. The van der Waals surface area contributed by atoms with Gasteiger partial charge >= 0.3 is 6.09 Å². The van der Waals surface area contributed by atoms with Crippen molar-refractivity contribution in [1.29, 1.82) is 0 Å². The number of likely N-dealkylation sites (tertiary alicyclic amines) is 1. The summed E-state index contributed by atoms with van der Waals surface area (Å²) in [4.78, 5) is 13.5. The Balaban J connectivity index is 1.72. The lowest BCUT2D eigenvalue weighted by Gasteiger charge is -2.16. The number of carbonyl (C=O) groups excluding carboxylic acids is 1. The average Bonchev–Trinajstić information content (AvgIpc) is 2.86. The monoisotopic (exact) mass is 279 g/mol. The van der Waals surface area contributed by atoms with Crippen molar-refractivity contribution < 1.29 is 9.53 Å². The summed E-state index contributed by atoms with van der Waals surface area (Å²) in [6.07, 6.45) is 0.427. The summed E-state index contributed by atoms with van der Waals surface area (Å²) in [6, 6.07) is 9.62. The van der Waals surface area contributed by atoms with Gasteiger partial charge in [0.1, 0.15) is 6.61 Å². The van der Waals surface area contributed by atoms with Crippen LogP contribution in [0.25, 0.3) is 0 Å². The van der Waals surface area contributed by atoms with E-state index in [1.165, 1.54) is 0 Å². The van der Waals surface area contributed by atoms with E-state index in [9.17, 15) is 4.79 Å². The van der Waals surface area contributed by atoms with Gasteiger partial charge in [-0.3, -0.25) is 0 Å². The number of amides is 1. The van der Waals surface area contributed by atoms with Gasteiger partial charge in [0, 0.05) is 13.1 Å². The fourth-order valence-corrected chi connectivity index (χ4v) is 2.18. The maximum atomic E-state index is 11.6. The number of thiocarbonyl (C=S) groups is 1. The van der Waals surface area contributed by atoms with Crippen LogP contribution in [0, 0.1) is 0 Å². The smallest absolute Gasteiger partial charge is 0.407 e. The third-order valence-electron chi connectivity index (χ3n) is 3.03. The van der Waals surface area contributed by atoms with Crippen LogP contribution in [-0.2, 0) is 11.3 Å². The van der Waals surface area contributed by atoms with E-state index in [1.54, 1.807) is 0 Å². The molecule has 1 aliphatic rings. The molecule has 1 aromatic carbocycles. The van der Waals surface area contributed by atoms with Gasteiger partial charge in [-0.15, -0.1) is 0 Å². The van der Waals surface area contributed by atoms with E-state index < -0.39 is 6.09 Å². The number of carbonyl (C=O) groups is 1. The Kier molecular flexibility index (Phi) is 4.57. The average molecular weight is 279 g/mol. The molecule has 1 amide bonds. The molecule has 19 heavy (non-hydrogen) atoms. The van der Waals surface area contributed by atoms with Crippen LogP contribution in [0.4, 0.5) is 4.79 Å². The molecule has 1 heterocycles. The van der Waals surface area contributed by atoms with E-state index in [-0.39, 0.29) is 12.6 Å². The van der Waals surface area contributed by atoms with Crippen molar-refractivity contribution in [3.63, 3.8) is 0 Å². The fraction of sp³-hybridized carbons (Fsp3) is 0.385. The molecule has 5 nitrogen and oxygen atoms in total. The number of hydrogen-bond acceptors (Lipinski definition) is 3. The van der Waals surface area contributed by atoms with Gasteiger partial charge in [0.2, 0.25) is 0 Å². The first kappa shape index (κ1) is 13.6. The van der Waals surface area contributed by atoms with Gasteiger partial charge in [0.15, 0.2) is 5.11 Å². The lowest BCUT2D eigenvalue weighted by Crippen LogP contribution is -2.40. The number of rotatable bonds is 3. The van der Waals surface area contributed by atoms with Crippen molar-refractivity contribution in [2.75, 3.05) is 13.1 Å². The molecule has 1 fully saturated rings. The molecule has 3 N–H and O–H groups in total. The van der Waals surface area contributed by atoms with Crippen LogP contribution < -0.4 is 11.1 Å². The van der Waals surface area contributed by atoms with Gasteiger partial charge in [0.05, 0.1) is 6.04 Å². The zero-order valence-corrected chi connectivity index (χ0v) is 11.4. The van der Waals surface area contributed by atoms with Gasteiger partial charge in [-0.1, -0.05) is 30.3 Å². The number of nitrogens with one attached hydrogen (secondary N) is 1. The number of benzene rings is 1. The Labute approximate surface area is 117 Å². The Morgan fingerprint density at radius 3 is 2.84 bits per heavy atom. The van der Waals surface area contributed by atoms with Crippen LogP contribution in [0.5, 0.6) is 0 Å². The zero-order valence-electron chi connectivity index (χ0n) is 10.5. The Bertz CT molecular complexity index is 452. The first-order valence-electron chi connectivity index (χ1n) is 6.17. The highest BCUT2D eigenvalue weighted by Gasteiger charge is 2.24. The van der Waals surface area contributed by atoms with Crippen molar-refractivity contribution in [2.24, 2.45) is 5.73 Å². The minimum Gasteiger partial charge on any atom is -0.445 e. The fourth-order valence-electron chi connectivity index (χ4n) is 2.01. The van der Waals surface area contributed by atoms with Crippen molar-refractivity contribution in [3.8, 4) is 0 Å². The van der Waals surface area contributed by atoms with Gasteiger partial charge in [-0.2, -0.15) is 0 Å². The summed E-state index contributed by atoms with van der Waals surface area (Å²) < 4.78 is 5.15. The van der Waals surface area contributed by atoms with Gasteiger partial charge in [0.25, 0.3) is 0 Å². The van der Waals surface area contributed by atoms with Crippen LogP contribution in [-0.4, -0.2) is 35.2 Å². The van der Waals surface area contributed by atoms with Crippen molar-refractivity contribution in [2.45, 2.75) is 19.1 Å². The highest BCUT2D eigenvalue weighted by molar-refractivity contribution is 7.80. The van der Waals surface area contributed by atoms with E-state index in [0.717, 1.165) is 18.5 Å². The molecule has 0 saturated carbocycles. The van der Waals surface area contributed by atoms with E-state index >= 15 is 0 Å². The van der Waals surface area contributed by atoms with Crippen molar-refractivity contribution in [3.05, 3.63) is 35.9 Å². The molecule has 102 valence electrons. The summed E-state index contributed by atoms with van der Waals surface area (Å²) in [6.45, 7) is 1.70. The zero-order chi connectivity index (χ0) is 13.7. The minimum atomic E-state index is -0.404. The van der Waals surface area contributed by atoms with Gasteiger partial charge in [-0.05, 0) is 24.2 Å². The van der Waals surface area contributed by atoms with Crippen LogP contribution in [0.15, 0.2) is 30.3 Å². The standard InChI is InChI=1S/C13H17N3O2S/c14-12(19)16-7-6-11(8-16)15-13(17)18-9-10-4-2-1-3-5-10/h1-5,11H,6-9H2,(H2,14,19)(H,15,17)/t11-/m0/s1. The van der Waals surface area contributed by atoms with E-state index in [4.69, 9.17) is 22.7 Å². The highest BCUT2D eigenvalue weighted by Crippen LogP contribution is 2.09. The minimum absolute atomic E-state index is 0.0461. The molecular formula is C13H17N3O2S. The number of alkyl carbamates (subject to hydrolysis) is 1. The number of ether oxygens (including phenoxy) is 1. The summed E-state index contributed by atoms with van der Waals surface area (Å²) in [5.74, 6) is 0. The number of nitrogens with two attached hydrogens (primary N) is 1. The molecule has 6 heteroatoms. The lowest BCUT2D eigenvalue weighted by molar-refractivity contribution is 0.136. The van der Waals surface area contributed by atoms with Crippen LogP contribution >= 0.6 is 12.2 Å². The molecule has 1 saturated heterocycles. The van der Waals surface area contributed by atoms with E-state index in [0.29, 0.717) is 11.7 Å². The third-order valence-corrected chi connectivity index (χ3v) is 3.29. The maximum absolute atomic E-state index is 11.6. The van der Waals surface area contributed by atoms with Crippen LogP contribution in [0.2, 0.25) is 0 Å². The summed E-state index contributed by atoms with van der Waals surface area (Å²) in [5.41, 5.74) is 6.51. The van der Waals surface area contributed by atoms with E-state index in [1.807, 2.05) is 35.2 Å². The SMILES string of the molecule is NC(=S)N1CC[C@H](NC(=O)OCc2ccccc2)C1. The van der Waals surface area contributed by atoms with Crippen molar-refractivity contribution >= 4 is 23.4 Å². The normalized spacial score (nSPS) is 18.1. The maximum Gasteiger partial charge on any atom is 0.407 e. The Hall–Kier alpha value is -1.82. The molecule has 1 aromatic rings. The highest BCUT2D eigenvalue weighted by atomic mass is 32.1. The third kappa shape index (κ3) is 4.10. The molecule has 0 radical (unpaired) electrons. The Morgan fingerprint density at radius 1 is 1.47 bits per heavy atom. The Morgan fingerprint density at radius 2 is 2.21 bits per heavy atom. The van der Waals surface area contributed by atoms with E-state index in [2.05, 4.69) is 5.32 Å². The van der Waals surface area contributed by atoms with Crippen LogP contribution in [0.3, 0.4) is 0 Å². The second kappa shape index (κ2) is 6.38. The summed E-state index contributed by atoms with van der Waals surface area (Å²) >= 11 is 4.90. The second-order valence-corrected chi connectivity index (χ2v) is 4.89. The van der Waals surface area contributed by atoms with Crippen LogP contribution in [0.1, 0.15) is 12.0 Å². The molecule has 0 spiro atoms. The molecule has 0 unspecified atom stereocenters. The largest absolute Gasteiger partial charge is 0.445 e. The predicted octanol–water partition coefficient (Wildman–Crippen LogP) is 1.23. The lowest BCUT2D eigenvalue weighted by atomic mass is 10.2. The molecular weight excluding hydrogens is 262 g/mol. The molecule has 0 bridgehead atoms. The molecule has 2 rings (SSSR count). The quantitative estimate of drug-likeness (QED) is 0.815. The van der Waals surface area contributed by atoms with Gasteiger partial charge in [-0.25, -0.2) is 4.79 Å². The number of hydrogen-bond donors (Lipinski definition) is 2. The molecule has 1 atom stereocenters. The van der Waals surface area contributed by atoms with Gasteiger partial charge < -0.3 is 20.7 Å². The number of nitrogens with zero attached hydrogens (tertiary/aromatic N) is 1.